The van der Waals surface area contributed by atoms with E-state index in [9.17, 15) is 4.79 Å². The van der Waals surface area contributed by atoms with E-state index in [-0.39, 0.29) is 5.69 Å². The Kier molecular flexibility index (Phi) is 2.71. The first-order chi connectivity index (χ1) is 9.20. The molecule has 8 heteroatoms. The van der Waals surface area contributed by atoms with E-state index in [0.29, 0.717) is 11.0 Å². The van der Waals surface area contributed by atoms with Gasteiger partial charge in [0, 0.05) is 0 Å². The fraction of sp³-hybridized carbons (Fsp3) is 0.0909. The maximum Gasteiger partial charge on any atom is 0.273 e. The Morgan fingerprint density at radius 1 is 1.42 bits per heavy atom. The van der Waals surface area contributed by atoms with Crippen LogP contribution in [0.2, 0.25) is 0 Å². The largest absolute Gasteiger partial charge is 0.364 e. The molecular formula is C11H10N6OS. The van der Waals surface area contributed by atoms with Crippen LogP contribution in [0.4, 0.5) is 11.5 Å². The fourth-order valence-corrected chi connectivity index (χ4v) is 2.19. The summed E-state index contributed by atoms with van der Waals surface area (Å²) in [7, 11) is 0. The van der Waals surface area contributed by atoms with Gasteiger partial charge in [0.1, 0.15) is 0 Å². The van der Waals surface area contributed by atoms with Crippen molar-refractivity contribution in [2.75, 3.05) is 11.6 Å². The van der Waals surface area contributed by atoms with Crippen LogP contribution in [0, 0.1) is 0 Å². The van der Waals surface area contributed by atoms with E-state index in [1.54, 1.807) is 0 Å². The Bertz CT molecular complexity index is 692. The lowest BCUT2D eigenvalue weighted by Crippen LogP contribution is -2.12. The van der Waals surface area contributed by atoms with Crippen molar-refractivity contribution in [3.05, 3.63) is 30.0 Å². The van der Waals surface area contributed by atoms with Crippen LogP contribution in [0.1, 0.15) is 10.5 Å². The standard InChI is InChI=1S/C11H10N6OS/c1-19-11-13-6-4-2-3-5-7(6)17-10(14-11)8(9(12)18)15-16-17/h2-5H,1H3,(H2,12,18)(H,13,14). The second kappa shape index (κ2) is 4.39. The monoisotopic (exact) mass is 274 g/mol. The smallest absolute Gasteiger partial charge is 0.273 e. The predicted molar refractivity (Wildman–Crippen MR) is 74.1 cm³/mol. The highest BCUT2D eigenvalue weighted by molar-refractivity contribution is 8.13. The van der Waals surface area contributed by atoms with Crippen LogP contribution in [-0.4, -0.2) is 32.3 Å². The van der Waals surface area contributed by atoms with Gasteiger partial charge in [-0.2, -0.15) is 4.68 Å². The number of rotatable bonds is 1. The van der Waals surface area contributed by atoms with Crippen LogP contribution in [0.15, 0.2) is 29.3 Å². The minimum absolute atomic E-state index is 0.0602. The maximum atomic E-state index is 11.4. The highest BCUT2D eigenvalue weighted by Crippen LogP contribution is 2.30. The van der Waals surface area contributed by atoms with Gasteiger partial charge < -0.3 is 11.1 Å². The number of amidine groups is 1. The second-order valence-electron chi connectivity index (χ2n) is 3.80. The topological polar surface area (TPSA) is 98.2 Å². The molecule has 0 spiro atoms. The van der Waals surface area contributed by atoms with Crippen LogP contribution < -0.4 is 11.1 Å². The molecule has 0 saturated carbocycles. The Morgan fingerprint density at radius 3 is 2.95 bits per heavy atom. The summed E-state index contributed by atoms with van der Waals surface area (Å²) >= 11 is 1.43. The van der Waals surface area contributed by atoms with E-state index in [1.165, 1.54) is 16.4 Å². The molecule has 0 fully saturated rings. The van der Waals surface area contributed by atoms with Crippen molar-refractivity contribution in [1.82, 2.24) is 15.0 Å². The van der Waals surface area contributed by atoms with Crippen molar-refractivity contribution in [2.45, 2.75) is 0 Å². The lowest BCUT2D eigenvalue weighted by molar-refractivity contribution is 0.0996. The summed E-state index contributed by atoms with van der Waals surface area (Å²) < 4.78 is 1.51. The van der Waals surface area contributed by atoms with Gasteiger partial charge in [0.15, 0.2) is 16.7 Å². The van der Waals surface area contributed by atoms with E-state index in [4.69, 9.17) is 5.73 Å². The molecule has 1 aliphatic rings. The van der Waals surface area contributed by atoms with Gasteiger partial charge in [0.25, 0.3) is 5.91 Å². The molecule has 19 heavy (non-hydrogen) atoms. The molecule has 1 aromatic heterocycles. The van der Waals surface area contributed by atoms with Gasteiger partial charge in [-0.3, -0.25) is 4.79 Å². The van der Waals surface area contributed by atoms with Gasteiger partial charge in [0.2, 0.25) is 0 Å². The molecule has 0 bridgehead atoms. The number of aromatic nitrogens is 3. The van der Waals surface area contributed by atoms with E-state index in [0.717, 1.165) is 11.4 Å². The number of thioether (sulfide) groups is 1. The van der Waals surface area contributed by atoms with Crippen LogP contribution in [-0.2, 0) is 0 Å². The highest BCUT2D eigenvalue weighted by Gasteiger charge is 2.23. The number of carbonyl (C=O) groups is 1. The molecule has 3 rings (SSSR count). The molecule has 1 aromatic carbocycles. The van der Waals surface area contributed by atoms with Crippen LogP contribution in [0.5, 0.6) is 0 Å². The molecule has 1 aliphatic heterocycles. The number of hydrogen-bond donors (Lipinski definition) is 2. The zero-order valence-corrected chi connectivity index (χ0v) is 10.8. The summed E-state index contributed by atoms with van der Waals surface area (Å²) in [6.45, 7) is 0. The van der Waals surface area contributed by atoms with Gasteiger partial charge in [-0.05, 0) is 18.4 Å². The van der Waals surface area contributed by atoms with Crippen molar-refractivity contribution in [3.63, 3.8) is 0 Å². The Morgan fingerprint density at radius 2 is 2.21 bits per heavy atom. The number of aliphatic imine (C=N–C) groups is 1. The number of anilines is 1. The number of nitrogens with zero attached hydrogens (tertiary/aromatic N) is 4. The number of benzene rings is 1. The zero-order valence-electron chi connectivity index (χ0n) is 9.99. The third-order valence-electron chi connectivity index (χ3n) is 2.65. The molecule has 0 radical (unpaired) electrons. The highest BCUT2D eigenvalue weighted by atomic mass is 32.2. The molecule has 1 amide bonds. The first kappa shape index (κ1) is 11.7. The minimum atomic E-state index is -0.648. The summed E-state index contributed by atoms with van der Waals surface area (Å²) in [5, 5.41) is 11.6. The second-order valence-corrected chi connectivity index (χ2v) is 4.60. The number of primary amides is 1. The summed E-state index contributed by atoms with van der Waals surface area (Å²) in [6.07, 6.45) is 1.89. The van der Waals surface area contributed by atoms with Gasteiger partial charge >= 0.3 is 0 Å². The fourth-order valence-electron chi connectivity index (χ4n) is 1.80. The van der Waals surface area contributed by atoms with E-state index in [1.807, 2.05) is 30.5 Å². The van der Waals surface area contributed by atoms with Crippen LogP contribution in [0.3, 0.4) is 0 Å². The lowest BCUT2D eigenvalue weighted by Gasteiger charge is -2.07. The normalized spacial score (nSPS) is 12.8. The molecule has 0 aliphatic carbocycles. The average Bonchev–Trinajstić information content (AvgIpc) is 2.75. The first-order valence-electron chi connectivity index (χ1n) is 5.45. The number of amides is 1. The Balaban J connectivity index is 2.30. The summed E-state index contributed by atoms with van der Waals surface area (Å²) in [5.74, 6) is -0.306. The molecular weight excluding hydrogens is 264 g/mol. The lowest BCUT2D eigenvalue weighted by atomic mass is 10.2. The predicted octanol–water partition coefficient (Wildman–Crippen LogP) is 1.14. The molecule has 2 heterocycles. The molecule has 7 nitrogen and oxygen atoms in total. The Hall–Kier alpha value is -2.35. The number of para-hydroxylation sites is 2. The molecule has 0 atom stereocenters. The van der Waals surface area contributed by atoms with Crippen molar-refractivity contribution in [3.8, 4) is 5.69 Å². The van der Waals surface area contributed by atoms with Gasteiger partial charge in [-0.25, -0.2) is 4.99 Å². The number of carbonyl (C=O) groups excluding carboxylic acids is 1. The summed E-state index contributed by atoms with van der Waals surface area (Å²) in [6, 6.07) is 7.55. The summed E-state index contributed by atoms with van der Waals surface area (Å²) in [4.78, 5) is 15.7. The number of nitrogens with two attached hydrogens (primary N) is 1. The number of nitrogens with one attached hydrogen (secondary N) is 1. The summed E-state index contributed by atoms with van der Waals surface area (Å²) in [5.41, 5.74) is 6.96. The van der Waals surface area contributed by atoms with Crippen LogP contribution >= 0.6 is 11.8 Å². The molecule has 3 N–H and O–H groups in total. The SMILES string of the molecule is CSC1=Nc2c(C(N)=O)nnn2-c2ccccc2N1. The van der Waals surface area contributed by atoms with Gasteiger partial charge in [-0.1, -0.05) is 29.1 Å². The van der Waals surface area contributed by atoms with Gasteiger partial charge in [0.05, 0.1) is 11.4 Å². The van der Waals surface area contributed by atoms with Gasteiger partial charge in [-0.15, -0.1) is 5.10 Å². The third kappa shape index (κ3) is 1.85. The van der Waals surface area contributed by atoms with Crippen molar-refractivity contribution >= 4 is 34.3 Å². The van der Waals surface area contributed by atoms with E-state index >= 15 is 0 Å². The van der Waals surface area contributed by atoms with Crippen LogP contribution in [0.25, 0.3) is 5.69 Å². The number of hydrogen-bond acceptors (Lipinski definition) is 6. The van der Waals surface area contributed by atoms with Crippen molar-refractivity contribution < 1.29 is 4.79 Å². The van der Waals surface area contributed by atoms with E-state index in [2.05, 4.69) is 20.6 Å². The van der Waals surface area contributed by atoms with E-state index < -0.39 is 5.91 Å². The maximum absolute atomic E-state index is 11.4. The quantitative estimate of drug-likeness (QED) is 0.812. The van der Waals surface area contributed by atoms with Crippen molar-refractivity contribution in [2.24, 2.45) is 10.7 Å². The number of fused-ring (bicyclic) bond motifs is 3. The molecule has 2 aromatic rings. The molecule has 0 unspecified atom stereocenters. The van der Waals surface area contributed by atoms with Crippen molar-refractivity contribution in [1.29, 1.82) is 0 Å². The first-order valence-corrected chi connectivity index (χ1v) is 6.68. The third-order valence-corrected chi connectivity index (χ3v) is 3.23. The molecule has 0 saturated heterocycles. The average molecular weight is 274 g/mol. The Labute approximate surface area is 112 Å². The minimum Gasteiger partial charge on any atom is -0.364 e. The molecule has 96 valence electrons. The zero-order chi connectivity index (χ0) is 13.4.